The van der Waals surface area contributed by atoms with Crippen molar-refractivity contribution in [1.82, 2.24) is 4.90 Å². The van der Waals surface area contributed by atoms with Crippen molar-refractivity contribution in [2.75, 3.05) is 25.4 Å². The van der Waals surface area contributed by atoms with E-state index in [0.29, 0.717) is 6.54 Å². The molecular weight excluding hydrogens is 278 g/mol. The second kappa shape index (κ2) is 6.06. The van der Waals surface area contributed by atoms with Crippen LogP contribution in [0.25, 0.3) is 0 Å². The number of amides is 1. The van der Waals surface area contributed by atoms with E-state index in [1.807, 2.05) is 0 Å². The number of hydrogen-bond acceptors (Lipinski definition) is 6. The Balaban J connectivity index is 2.32. The largest absolute Gasteiger partial charge is 0.394 e. The minimum atomic E-state index is -0.657. The summed E-state index contributed by atoms with van der Waals surface area (Å²) in [6.45, 7) is 2.05. The van der Waals surface area contributed by atoms with Crippen molar-refractivity contribution >= 4 is 17.3 Å². The van der Waals surface area contributed by atoms with E-state index >= 15 is 0 Å². The minimum Gasteiger partial charge on any atom is -0.394 e. The zero-order chi connectivity index (χ0) is 15.6. The number of hydrogen-bond donors (Lipinski definition) is 2. The highest BCUT2D eigenvalue weighted by Gasteiger charge is 2.32. The van der Waals surface area contributed by atoms with E-state index in [0.717, 1.165) is 0 Å². The molecule has 0 bridgehead atoms. The molecule has 0 radical (unpaired) electrons. The smallest absolute Gasteiger partial charge is 0.304 e. The molecule has 114 valence electrons. The highest BCUT2D eigenvalue weighted by atomic mass is 16.6. The summed E-state index contributed by atoms with van der Waals surface area (Å²) in [5, 5.41) is 20.3. The van der Waals surface area contributed by atoms with Crippen molar-refractivity contribution in [1.29, 1.82) is 0 Å². The molecule has 2 unspecified atom stereocenters. The molecular formula is C13H17N3O5. The first kappa shape index (κ1) is 15.2. The van der Waals surface area contributed by atoms with Gasteiger partial charge in [0.2, 0.25) is 0 Å². The molecule has 8 nitrogen and oxygen atoms in total. The first-order valence-electron chi connectivity index (χ1n) is 6.52. The van der Waals surface area contributed by atoms with Crippen LogP contribution in [-0.4, -0.2) is 52.7 Å². The number of nitrogen functional groups attached to an aromatic ring is 1. The number of nitrogens with two attached hydrogens (primary N) is 1. The summed E-state index contributed by atoms with van der Waals surface area (Å²) >= 11 is 0. The van der Waals surface area contributed by atoms with Crippen molar-refractivity contribution in [2.24, 2.45) is 0 Å². The van der Waals surface area contributed by atoms with Gasteiger partial charge < -0.3 is 20.5 Å². The third kappa shape index (κ3) is 3.11. The van der Waals surface area contributed by atoms with Gasteiger partial charge in [0, 0.05) is 13.1 Å². The lowest BCUT2D eigenvalue weighted by molar-refractivity contribution is -0.384. The quantitative estimate of drug-likeness (QED) is 0.473. The van der Waals surface area contributed by atoms with Crippen molar-refractivity contribution in [3.63, 3.8) is 0 Å². The lowest BCUT2D eigenvalue weighted by Crippen LogP contribution is -2.50. The molecule has 1 aromatic rings. The number of anilines is 1. The first-order valence-corrected chi connectivity index (χ1v) is 6.52. The molecule has 0 saturated carbocycles. The van der Waals surface area contributed by atoms with E-state index in [2.05, 4.69) is 0 Å². The van der Waals surface area contributed by atoms with E-state index in [-0.39, 0.29) is 36.2 Å². The number of rotatable bonds is 3. The Kier molecular flexibility index (Phi) is 4.39. The van der Waals surface area contributed by atoms with Gasteiger partial charge in [-0.25, -0.2) is 0 Å². The molecule has 0 spiro atoms. The minimum absolute atomic E-state index is 0.0501. The molecule has 2 atom stereocenters. The number of aliphatic hydroxyl groups excluding tert-OH is 1. The number of nitro groups is 1. The van der Waals surface area contributed by atoms with E-state index in [1.165, 1.54) is 23.1 Å². The number of carbonyl (C=O) groups excluding carboxylic acids is 1. The van der Waals surface area contributed by atoms with E-state index < -0.39 is 16.9 Å². The number of benzene rings is 1. The zero-order valence-corrected chi connectivity index (χ0v) is 11.6. The van der Waals surface area contributed by atoms with Gasteiger partial charge in [-0.1, -0.05) is 6.07 Å². The Labute approximate surface area is 121 Å². The number of nitrogens with zero attached hydrogens (tertiary/aromatic N) is 2. The number of para-hydroxylation sites is 1. The number of aliphatic hydroxyl groups is 1. The van der Waals surface area contributed by atoms with Crippen LogP contribution in [0.3, 0.4) is 0 Å². The summed E-state index contributed by atoms with van der Waals surface area (Å²) in [6.07, 6.45) is -0.738. The molecule has 21 heavy (non-hydrogen) atoms. The number of ether oxygens (including phenoxy) is 1. The van der Waals surface area contributed by atoms with E-state index in [1.54, 1.807) is 6.92 Å². The monoisotopic (exact) mass is 295 g/mol. The van der Waals surface area contributed by atoms with Crippen LogP contribution in [0.5, 0.6) is 0 Å². The standard InChI is InChI=1S/C13H17N3O5/c1-8-5-15(6-9(7-17)21-8)13(18)10-3-2-4-11(14)12(10)16(19)20/h2-4,8-9,17H,5-7,14H2,1H3. The van der Waals surface area contributed by atoms with Gasteiger partial charge in [0.15, 0.2) is 0 Å². The molecule has 1 fully saturated rings. The van der Waals surface area contributed by atoms with Crippen LogP contribution in [0.1, 0.15) is 17.3 Å². The van der Waals surface area contributed by atoms with Crippen LogP contribution in [0.15, 0.2) is 18.2 Å². The third-order valence-corrected chi connectivity index (χ3v) is 3.30. The maximum Gasteiger partial charge on any atom is 0.304 e. The van der Waals surface area contributed by atoms with Crippen molar-refractivity contribution in [3.8, 4) is 0 Å². The van der Waals surface area contributed by atoms with E-state index in [9.17, 15) is 20.0 Å². The maximum atomic E-state index is 12.5. The SMILES string of the molecule is CC1CN(C(=O)c2cccc(N)c2[N+](=O)[O-])CC(CO)O1. The Morgan fingerprint density at radius 2 is 2.29 bits per heavy atom. The van der Waals surface area contributed by atoms with Crippen LogP contribution in [0, 0.1) is 10.1 Å². The molecule has 1 aromatic carbocycles. The molecule has 2 rings (SSSR count). The molecule has 0 aliphatic carbocycles. The van der Waals surface area contributed by atoms with Gasteiger partial charge in [0.1, 0.15) is 11.3 Å². The van der Waals surface area contributed by atoms with Crippen LogP contribution >= 0.6 is 0 Å². The average molecular weight is 295 g/mol. The van der Waals surface area contributed by atoms with Gasteiger partial charge in [-0.2, -0.15) is 0 Å². The number of carbonyl (C=O) groups is 1. The van der Waals surface area contributed by atoms with Crippen LogP contribution < -0.4 is 5.73 Å². The Bertz CT molecular complexity index is 563. The molecule has 1 saturated heterocycles. The lowest BCUT2D eigenvalue weighted by atomic mass is 10.1. The highest BCUT2D eigenvalue weighted by molar-refractivity contribution is 6.00. The summed E-state index contributed by atoms with van der Waals surface area (Å²) in [7, 11) is 0. The van der Waals surface area contributed by atoms with Gasteiger partial charge in [-0.15, -0.1) is 0 Å². The molecule has 3 N–H and O–H groups in total. The second-order valence-electron chi connectivity index (χ2n) is 4.96. The fourth-order valence-corrected chi connectivity index (χ4v) is 2.42. The van der Waals surface area contributed by atoms with E-state index in [4.69, 9.17) is 10.5 Å². The predicted molar refractivity (Wildman–Crippen MR) is 74.8 cm³/mol. The van der Waals surface area contributed by atoms with Gasteiger partial charge in [-0.3, -0.25) is 14.9 Å². The summed E-state index contributed by atoms with van der Waals surface area (Å²) in [5.74, 6) is -0.484. The van der Waals surface area contributed by atoms with Gasteiger partial charge in [-0.05, 0) is 19.1 Å². The van der Waals surface area contributed by atoms with Crippen molar-refractivity contribution < 1.29 is 19.6 Å². The topological polar surface area (TPSA) is 119 Å². The highest BCUT2D eigenvalue weighted by Crippen LogP contribution is 2.27. The summed E-state index contributed by atoms with van der Waals surface area (Å²) in [4.78, 5) is 24.4. The number of nitro benzene ring substituents is 1. The third-order valence-electron chi connectivity index (χ3n) is 3.30. The average Bonchev–Trinajstić information content (AvgIpc) is 2.45. The molecule has 1 aliphatic heterocycles. The lowest BCUT2D eigenvalue weighted by Gasteiger charge is -2.36. The maximum absolute atomic E-state index is 12.5. The summed E-state index contributed by atoms with van der Waals surface area (Å²) in [6, 6.07) is 4.27. The Morgan fingerprint density at radius 1 is 1.57 bits per heavy atom. The van der Waals surface area contributed by atoms with Crippen LogP contribution in [0.2, 0.25) is 0 Å². The zero-order valence-electron chi connectivity index (χ0n) is 11.6. The second-order valence-corrected chi connectivity index (χ2v) is 4.96. The molecule has 1 heterocycles. The Morgan fingerprint density at radius 3 is 2.90 bits per heavy atom. The van der Waals surface area contributed by atoms with Gasteiger partial charge in [0.05, 0.1) is 23.7 Å². The van der Waals surface area contributed by atoms with Crippen LogP contribution in [0.4, 0.5) is 11.4 Å². The fourth-order valence-electron chi connectivity index (χ4n) is 2.42. The van der Waals surface area contributed by atoms with Gasteiger partial charge >= 0.3 is 5.69 Å². The predicted octanol–water partition coefficient (Wildman–Crippen LogP) is 0.399. The summed E-state index contributed by atoms with van der Waals surface area (Å²) < 4.78 is 5.45. The number of morpholine rings is 1. The molecule has 1 aliphatic rings. The summed E-state index contributed by atoms with van der Waals surface area (Å²) in [5.41, 5.74) is 5.11. The van der Waals surface area contributed by atoms with Gasteiger partial charge in [0.25, 0.3) is 5.91 Å². The molecule has 8 heteroatoms. The van der Waals surface area contributed by atoms with Crippen molar-refractivity contribution in [3.05, 3.63) is 33.9 Å². The molecule has 0 aromatic heterocycles. The van der Waals surface area contributed by atoms with Crippen molar-refractivity contribution in [2.45, 2.75) is 19.1 Å². The Hall–Kier alpha value is -2.19. The first-order chi connectivity index (χ1) is 9.93. The fraction of sp³-hybridized carbons (Fsp3) is 0.462. The molecule has 1 amide bonds. The van der Waals surface area contributed by atoms with Crippen LogP contribution in [-0.2, 0) is 4.74 Å². The normalized spacial score (nSPS) is 22.1.